The van der Waals surface area contributed by atoms with Crippen molar-refractivity contribution in [2.75, 3.05) is 0 Å². The monoisotopic (exact) mass is 300 g/mol. The van der Waals surface area contributed by atoms with E-state index in [1.165, 1.54) is 18.2 Å². The number of para-hydroxylation sites is 1. The van der Waals surface area contributed by atoms with Crippen molar-refractivity contribution in [3.8, 4) is 0 Å². The number of halogens is 1. The number of hydrogen-bond donors (Lipinski definition) is 0. The number of aromatic nitrogens is 1. The van der Waals surface area contributed by atoms with Crippen molar-refractivity contribution in [2.24, 2.45) is 0 Å². The number of nitro groups is 1. The topological polar surface area (TPSA) is 86.2 Å². The van der Waals surface area contributed by atoms with E-state index in [2.05, 4.69) is 4.98 Å². The molecule has 0 aliphatic rings. The Morgan fingerprint density at radius 1 is 1.23 bits per heavy atom. The summed E-state index contributed by atoms with van der Waals surface area (Å²) in [5.74, 6) is -0.522. The van der Waals surface area contributed by atoms with E-state index >= 15 is 0 Å². The van der Waals surface area contributed by atoms with Gasteiger partial charge in [-0.15, -0.1) is 0 Å². The highest BCUT2D eigenvalue weighted by Gasteiger charge is 2.15. The van der Waals surface area contributed by atoms with Gasteiger partial charge in [0.15, 0.2) is 0 Å². The zero-order chi connectivity index (χ0) is 15.7. The van der Waals surface area contributed by atoms with Crippen molar-refractivity contribution in [3.63, 3.8) is 0 Å². The van der Waals surface area contributed by atoms with Crippen LogP contribution >= 0.6 is 0 Å². The van der Waals surface area contributed by atoms with Gasteiger partial charge in [0, 0.05) is 11.6 Å². The van der Waals surface area contributed by atoms with Crippen LogP contribution in [0.1, 0.15) is 11.5 Å². The zero-order valence-corrected chi connectivity index (χ0v) is 11.2. The smallest absolute Gasteiger partial charge is 0.346 e. The largest absolute Gasteiger partial charge is 0.408 e. The Labute approximate surface area is 123 Å². The minimum absolute atomic E-state index is 0.000288. The SMILES string of the molecule is O=c1oc(Cc2ccccc2[N+](=O)[O-])nc2ccc(F)cc12. The Balaban J connectivity index is 2.07. The summed E-state index contributed by atoms with van der Waals surface area (Å²) in [5, 5.41) is 11.0. The van der Waals surface area contributed by atoms with E-state index in [0.717, 1.165) is 6.07 Å². The maximum atomic E-state index is 13.1. The summed E-state index contributed by atoms with van der Waals surface area (Å²) in [6.45, 7) is 0. The summed E-state index contributed by atoms with van der Waals surface area (Å²) in [7, 11) is 0. The molecule has 0 radical (unpaired) electrons. The van der Waals surface area contributed by atoms with Gasteiger partial charge in [0.05, 0.1) is 22.2 Å². The third-order valence-electron chi connectivity index (χ3n) is 3.16. The summed E-state index contributed by atoms with van der Waals surface area (Å²) >= 11 is 0. The molecular formula is C15H9FN2O4. The lowest BCUT2D eigenvalue weighted by molar-refractivity contribution is -0.385. The third kappa shape index (κ3) is 2.56. The third-order valence-corrected chi connectivity index (χ3v) is 3.16. The molecule has 2 aromatic carbocycles. The lowest BCUT2D eigenvalue weighted by Crippen LogP contribution is -2.07. The van der Waals surface area contributed by atoms with Crippen LogP contribution in [0.2, 0.25) is 0 Å². The van der Waals surface area contributed by atoms with Crippen LogP contribution in [-0.2, 0) is 6.42 Å². The van der Waals surface area contributed by atoms with Crippen LogP contribution in [-0.4, -0.2) is 9.91 Å². The minimum atomic E-state index is -0.724. The van der Waals surface area contributed by atoms with Gasteiger partial charge in [-0.1, -0.05) is 18.2 Å². The lowest BCUT2D eigenvalue weighted by atomic mass is 10.1. The first-order valence-corrected chi connectivity index (χ1v) is 6.36. The van der Waals surface area contributed by atoms with E-state index in [1.807, 2.05) is 0 Å². The van der Waals surface area contributed by atoms with Crippen LogP contribution in [0.3, 0.4) is 0 Å². The van der Waals surface area contributed by atoms with Gasteiger partial charge >= 0.3 is 5.63 Å². The first kappa shape index (κ1) is 13.9. The molecule has 110 valence electrons. The molecule has 0 atom stereocenters. The van der Waals surface area contributed by atoms with Crippen LogP contribution in [0, 0.1) is 15.9 Å². The minimum Gasteiger partial charge on any atom is -0.408 e. The fraction of sp³-hybridized carbons (Fsp3) is 0.0667. The molecule has 0 saturated heterocycles. The quantitative estimate of drug-likeness (QED) is 0.548. The van der Waals surface area contributed by atoms with E-state index in [0.29, 0.717) is 5.56 Å². The number of nitrogens with zero attached hydrogens (tertiary/aromatic N) is 2. The predicted molar refractivity (Wildman–Crippen MR) is 76.1 cm³/mol. The summed E-state index contributed by atoms with van der Waals surface area (Å²) < 4.78 is 18.2. The zero-order valence-electron chi connectivity index (χ0n) is 11.2. The molecule has 0 amide bonds. The number of benzene rings is 2. The lowest BCUT2D eigenvalue weighted by Gasteiger charge is -2.03. The molecule has 0 saturated carbocycles. The first-order chi connectivity index (χ1) is 10.5. The Hall–Kier alpha value is -3.09. The second-order valence-electron chi connectivity index (χ2n) is 4.62. The molecule has 1 heterocycles. The van der Waals surface area contributed by atoms with E-state index in [1.54, 1.807) is 18.2 Å². The summed E-state index contributed by atoms with van der Waals surface area (Å²) in [5.41, 5.74) is -0.139. The van der Waals surface area contributed by atoms with Gasteiger partial charge in [-0.2, -0.15) is 0 Å². The van der Waals surface area contributed by atoms with E-state index in [9.17, 15) is 19.3 Å². The molecule has 0 aliphatic heterocycles. The second kappa shape index (κ2) is 5.36. The molecule has 3 rings (SSSR count). The number of nitro benzene ring substituents is 1. The van der Waals surface area contributed by atoms with Crippen LogP contribution < -0.4 is 5.63 Å². The molecule has 22 heavy (non-hydrogen) atoms. The number of rotatable bonds is 3. The van der Waals surface area contributed by atoms with Crippen molar-refractivity contribution >= 4 is 16.6 Å². The van der Waals surface area contributed by atoms with E-state index < -0.39 is 16.4 Å². The highest BCUT2D eigenvalue weighted by atomic mass is 19.1. The number of fused-ring (bicyclic) bond motifs is 1. The van der Waals surface area contributed by atoms with E-state index in [4.69, 9.17) is 4.42 Å². The average Bonchev–Trinajstić information content (AvgIpc) is 2.48. The molecule has 3 aromatic rings. The molecule has 6 nitrogen and oxygen atoms in total. The second-order valence-corrected chi connectivity index (χ2v) is 4.62. The van der Waals surface area contributed by atoms with Gasteiger partial charge in [-0.25, -0.2) is 14.2 Å². The summed E-state index contributed by atoms with van der Waals surface area (Å²) in [4.78, 5) is 26.4. The van der Waals surface area contributed by atoms with Crippen LogP contribution in [0.25, 0.3) is 10.9 Å². The van der Waals surface area contributed by atoms with Gasteiger partial charge < -0.3 is 4.42 Å². The Morgan fingerprint density at radius 3 is 2.77 bits per heavy atom. The van der Waals surface area contributed by atoms with Gasteiger partial charge in [0.25, 0.3) is 5.69 Å². The molecule has 7 heteroatoms. The van der Waals surface area contributed by atoms with Gasteiger partial charge in [0.1, 0.15) is 5.82 Å². The van der Waals surface area contributed by atoms with Gasteiger partial charge in [-0.3, -0.25) is 10.1 Å². The van der Waals surface area contributed by atoms with E-state index in [-0.39, 0.29) is 28.9 Å². The maximum absolute atomic E-state index is 13.1. The highest BCUT2D eigenvalue weighted by Crippen LogP contribution is 2.21. The van der Waals surface area contributed by atoms with Crippen LogP contribution in [0.15, 0.2) is 51.7 Å². The summed E-state index contributed by atoms with van der Waals surface area (Å²) in [6.07, 6.45) is -0.000288. The first-order valence-electron chi connectivity index (χ1n) is 6.36. The molecule has 0 bridgehead atoms. The molecular weight excluding hydrogens is 291 g/mol. The average molecular weight is 300 g/mol. The predicted octanol–water partition coefficient (Wildman–Crippen LogP) is 2.83. The molecule has 0 aliphatic carbocycles. The fourth-order valence-corrected chi connectivity index (χ4v) is 2.17. The fourth-order valence-electron chi connectivity index (χ4n) is 2.17. The van der Waals surface area contributed by atoms with Crippen molar-refractivity contribution in [1.29, 1.82) is 0 Å². The van der Waals surface area contributed by atoms with Gasteiger partial charge in [0.2, 0.25) is 5.89 Å². The molecule has 1 aromatic heterocycles. The van der Waals surface area contributed by atoms with Crippen LogP contribution in [0.4, 0.5) is 10.1 Å². The Morgan fingerprint density at radius 2 is 2.00 bits per heavy atom. The van der Waals surface area contributed by atoms with Crippen molar-refractivity contribution in [3.05, 3.63) is 80.3 Å². The summed E-state index contributed by atoms with van der Waals surface area (Å²) in [6, 6.07) is 9.72. The Bertz CT molecular complexity index is 936. The van der Waals surface area contributed by atoms with Crippen molar-refractivity contribution in [2.45, 2.75) is 6.42 Å². The highest BCUT2D eigenvalue weighted by molar-refractivity contribution is 5.76. The molecule has 0 fully saturated rings. The van der Waals surface area contributed by atoms with Gasteiger partial charge in [-0.05, 0) is 18.2 Å². The van der Waals surface area contributed by atoms with Crippen molar-refractivity contribution < 1.29 is 13.7 Å². The van der Waals surface area contributed by atoms with Crippen LogP contribution in [0.5, 0.6) is 0 Å². The molecule has 0 unspecified atom stereocenters. The maximum Gasteiger partial charge on any atom is 0.346 e. The number of hydrogen-bond acceptors (Lipinski definition) is 5. The van der Waals surface area contributed by atoms with Crippen molar-refractivity contribution in [1.82, 2.24) is 4.98 Å². The normalized spacial score (nSPS) is 10.8. The molecule has 0 N–H and O–H groups in total. The Kier molecular flexibility index (Phi) is 3.38. The molecule has 0 spiro atoms. The standard InChI is InChI=1S/C15H9FN2O4/c16-10-5-6-12-11(8-10)15(19)22-14(17-12)7-9-3-1-2-4-13(9)18(20)21/h1-6,8H,7H2.